The molecule has 2 saturated heterocycles. The van der Waals surface area contributed by atoms with E-state index in [-0.39, 0.29) is 17.9 Å². The van der Waals surface area contributed by atoms with Crippen molar-refractivity contribution in [2.45, 2.75) is 12.5 Å². The van der Waals surface area contributed by atoms with E-state index < -0.39 is 0 Å². The van der Waals surface area contributed by atoms with Crippen molar-refractivity contribution < 1.29 is 9.59 Å². The van der Waals surface area contributed by atoms with Gasteiger partial charge < -0.3 is 14.8 Å². The zero-order chi connectivity index (χ0) is 17.2. The Morgan fingerprint density at radius 2 is 1.88 bits per heavy atom. The van der Waals surface area contributed by atoms with E-state index in [1.54, 1.807) is 18.0 Å². The highest BCUT2D eigenvalue weighted by Gasteiger charge is 2.29. The first-order chi connectivity index (χ1) is 12.2. The van der Waals surface area contributed by atoms with Gasteiger partial charge in [0.25, 0.3) is 5.91 Å². The zero-order valence-electron chi connectivity index (χ0n) is 14.0. The molecule has 1 aromatic heterocycles. The number of fused-ring (bicyclic) bond motifs is 1. The van der Waals surface area contributed by atoms with E-state index in [1.165, 1.54) is 0 Å². The van der Waals surface area contributed by atoms with Crippen molar-refractivity contribution in [3.05, 3.63) is 36.0 Å². The molecule has 2 aromatic rings. The Balaban J connectivity index is 1.45. The normalized spacial score (nSPS) is 21.5. The van der Waals surface area contributed by atoms with Crippen molar-refractivity contribution in [1.82, 2.24) is 20.1 Å². The summed E-state index contributed by atoms with van der Waals surface area (Å²) in [6, 6.07) is 7.78. The molecule has 132 valence electrons. The van der Waals surface area contributed by atoms with Crippen molar-refractivity contribution in [1.29, 1.82) is 0 Å². The Morgan fingerprint density at radius 3 is 2.72 bits per heavy atom. The van der Waals surface area contributed by atoms with Crippen LogP contribution in [0.3, 0.4) is 0 Å². The van der Waals surface area contributed by atoms with Crippen LogP contribution >= 0.6 is 11.8 Å². The number of aromatic amines is 1. The Morgan fingerprint density at radius 1 is 1.08 bits per heavy atom. The molecule has 0 bridgehead atoms. The Bertz CT molecular complexity index is 784. The molecular weight excluding hydrogens is 336 g/mol. The summed E-state index contributed by atoms with van der Waals surface area (Å²) in [6.07, 6.45) is 2.61. The Hall–Kier alpha value is -1.99. The summed E-state index contributed by atoms with van der Waals surface area (Å²) in [5, 5.41) is 4.19. The molecule has 0 spiro atoms. The molecule has 2 fully saturated rings. The predicted molar refractivity (Wildman–Crippen MR) is 99.6 cm³/mol. The Labute approximate surface area is 150 Å². The van der Waals surface area contributed by atoms with E-state index in [1.807, 2.05) is 34.1 Å². The van der Waals surface area contributed by atoms with Crippen LogP contribution in [0, 0.1) is 0 Å². The molecule has 7 heteroatoms. The lowest BCUT2D eigenvalue weighted by Crippen LogP contribution is -2.46. The van der Waals surface area contributed by atoms with Crippen LogP contribution in [0.1, 0.15) is 16.8 Å². The van der Waals surface area contributed by atoms with Crippen LogP contribution in [0.5, 0.6) is 0 Å². The van der Waals surface area contributed by atoms with Crippen LogP contribution in [-0.4, -0.2) is 70.4 Å². The summed E-state index contributed by atoms with van der Waals surface area (Å²) < 4.78 is 0. The van der Waals surface area contributed by atoms with Gasteiger partial charge in [0.1, 0.15) is 0 Å². The summed E-state index contributed by atoms with van der Waals surface area (Å²) in [5.41, 5.74) is 1.69. The summed E-state index contributed by atoms with van der Waals surface area (Å²) >= 11 is 1.76. The first-order valence-electron chi connectivity index (χ1n) is 8.69. The molecule has 6 nitrogen and oxygen atoms in total. The van der Waals surface area contributed by atoms with Crippen LogP contribution in [-0.2, 0) is 4.79 Å². The molecule has 0 aliphatic carbocycles. The van der Waals surface area contributed by atoms with E-state index in [0.717, 1.165) is 35.5 Å². The Kier molecular flexibility index (Phi) is 4.67. The quantitative estimate of drug-likeness (QED) is 0.854. The number of benzene rings is 1. The van der Waals surface area contributed by atoms with Gasteiger partial charge in [0.05, 0.1) is 11.6 Å². The topological polar surface area (TPSA) is 68.4 Å². The van der Waals surface area contributed by atoms with Gasteiger partial charge >= 0.3 is 0 Å². The molecule has 0 radical (unpaired) electrons. The number of H-pyrrole nitrogens is 1. The molecule has 25 heavy (non-hydrogen) atoms. The van der Waals surface area contributed by atoms with Gasteiger partial charge in [0.15, 0.2) is 0 Å². The number of rotatable bonds is 2. The molecule has 0 saturated carbocycles. The molecule has 1 unspecified atom stereocenters. The van der Waals surface area contributed by atoms with Gasteiger partial charge in [-0.3, -0.25) is 14.9 Å². The van der Waals surface area contributed by atoms with Gasteiger partial charge in [-0.2, -0.15) is 0 Å². The number of nitrogens with zero attached hydrogens (tertiary/aromatic N) is 2. The van der Waals surface area contributed by atoms with Gasteiger partial charge in [-0.05, 0) is 12.5 Å². The third-order valence-electron chi connectivity index (χ3n) is 4.93. The fourth-order valence-electron chi connectivity index (χ4n) is 3.53. The lowest BCUT2D eigenvalue weighted by molar-refractivity contribution is -0.132. The zero-order valence-corrected chi connectivity index (χ0v) is 14.8. The molecule has 4 rings (SSSR count). The summed E-state index contributed by atoms with van der Waals surface area (Å²) in [7, 11) is 0. The number of para-hydroxylation sites is 1. The molecule has 2 N–H and O–H groups in total. The highest BCUT2D eigenvalue weighted by atomic mass is 32.2. The highest BCUT2D eigenvalue weighted by molar-refractivity contribution is 7.99. The van der Waals surface area contributed by atoms with Gasteiger partial charge in [-0.25, -0.2) is 0 Å². The molecule has 2 aliphatic heterocycles. The molecule has 1 aromatic carbocycles. The number of hydrogen-bond donors (Lipinski definition) is 2. The molecular formula is C18H22N4O2S. The maximum Gasteiger partial charge on any atom is 0.256 e. The SMILES string of the molecule is O=C(c1c[nH]c2ccccc12)N1CCCN(C(=O)C2CSCN2)CC1. The minimum absolute atomic E-state index is 0.0429. The van der Waals surface area contributed by atoms with Gasteiger partial charge in [0.2, 0.25) is 5.91 Å². The second-order valence-corrected chi connectivity index (χ2v) is 7.52. The van der Waals surface area contributed by atoms with E-state index >= 15 is 0 Å². The minimum atomic E-state index is -0.0686. The van der Waals surface area contributed by atoms with Crippen LogP contribution in [0.2, 0.25) is 0 Å². The average Bonchev–Trinajstić information content (AvgIpc) is 3.25. The van der Waals surface area contributed by atoms with E-state index in [9.17, 15) is 9.59 Å². The van der Waals surface area contributed by atoms with E-state index in [0.29, 0.717) is 25.2 Å². The monoisotopic (exact) mass is 358 g/mol. The maximum atomic E-state index is 12.9. The van der Waals surface area contributed by atoms with Crippen molar-refractivity contribution >= 4 is 34.5 Å². The molecule has 2 amide bonds. The standard InChI is InChI=1S/C18H22N4O2S/c23-17(14-10-19-15-5-2-1-4-13(14)15)21-6-3-7-22(9-8-21)18(24)16-11-25-12-20-16/h1-2,4-5,10,16,19-20H,3,6-9,11-12H2. The first-order valence-corrected chi connectivity index (χ1v) is 9.85. The van der Waals surface area contributed by atoms with Crippen molar-refractivity contribution in [2.75, 3.05) is 37.8 Å². The van der Waals surface area contributed by atoms with Gasteiger partial charge in [-0.1, -0.05) is 18.2 Å². The molecule has 3 heterocycles. The van der Waals surface area contributed by atoms with Crippen LogP contribution < -0.4 is 5.32 Å². The van der Waals surface area contributed by atoms with Gasteiger partial charge in [-0.15, -0.1) is 11.8 Å². The van der Waals surface area contributed by atoms with Gasteiger partial charge in [0, 0.05) is 54.9 Å². The number of thioether (sulfide) groups is 1. The highest BCUT2D eigenvalue weighted by Crippen LogP contribution is 2.20. The smallest absolute Gasteiger partial charge is 0.256 e. The fraction of sp³-hybridized carbons (Fsp3) is 0.444. The number of aromatic nitrogens is 1. The van der Waals surface area contributed by atoms with E-state index in [4.69, 9.17) is 0 Å². The average molecular weight is 358 g/mol. The molecule has 2 aliphatic rings. The van der Waals surface area contributed by atoms with Crippen LogP contribution in [0.4, 0.5) is 0 Å². The minimum Gasteiger partial charge on any atom is -0.360 e. The second-order valence-electron chi connectivity index (χ2n) is 6.49. The number of nitrogens with one attached hydrogen (secondary N) is 2. The maximum absolute atomic E-state index is 12.9. The summed E-state index contributed by atoms with van der Waals surface area (Å²) in [6.45, 7) is 2.61. The third kappa shape index (κ3) is 3.26. The lowest BCUT2D eigenvalue weighted by Gasteiger charge is -2.24. The number of amides is 2. The number of carbonyl (C=O) groups is 2. The summed E-state index contributed by atoms with van der Waals surface area (Å²) in [4.78, 5) is 32.5. The second kappa shape index (κ2) is 7.09. The van der Waals surface area contributed by atoms with E-state index in [2.05, 4.69) is 10.3 Å². The summed E-state index contributed by atoms with van der Waals surface area (Å²) in [5.74, 6) is 1.90. The van der Waals surface area contributed by atoms with Crippen LogP contribution in [0.25, 0.3) is 10.9 Å². The van der Waals surface area contributed by atoms with Crippen LogP contribution in [0.15, 0.2) is 30.5 Å². The van der Waals surface area contributed by atoms with Crippen molar-refractivity contribution in [3.63, 3.8) is 0 Å². The lowest BCUT2D eigenvalue weighted by atomic mass is 10.1. The van der Waals surface area contributed by atoms with Crippen molar-refractivity contribution in [2.24, 2.45) is 0 Å². The molecule has 1 atom stereocenters. The van der Waals surface area contributed by atoms with Crippen molar-refractivity contribution in [3.8, 4) is 0 Å². The third-order valence-corrected chi connectivity index (χ3v) is 5.87. The fourth-order valence-corrected chi connectivity index (χ4v) is 4.47. The number of carbonyl (C=O) groups excluding carboxylic acids is 2. The largest absolute Gasteiger partial charge is 0.360 e. The number of hydrogen-bond acceptors (Lipinski definition) is 4. The predicted octanol–water partition coefficient (Wildman–Crippen LogP) is 1.50. The first kappa shape index (κ1) is 16.5.